The zero-order valence-electron chi connectivity index (χ0n) is 16.1. The molecule has 148 valence electrons. The summed E-state index contributed by atoms with van der Waals surface area (Å²) in [5.41, 5.74) is 3.21. The largest absolute Gasteiger partial charge is 0.462 e. The van der Waals surface area contributed by atoms with Crippen molar-refractivity contribution in [3.8, 4) is 0 Å². The molecule has 0 aliphatic carbocycles. The SMILES string of the molecule is CCOC(=O)c1ccc(N2CSCN(c3ccc(C(=O)OCC)cc3)C2)cc1. The minimum atomic E-state index is -0.301. The Bertz CT molecular complexity index is 741. The van der Waals surface area contributed by atoms with E-state index < -0.39 is 0 Å². The fourth-order valence-electron chi connectivity index (χ4n) is 2.91. The molecule has 28 heavy (non-hydrogen) atoms. The van der Waals surface area contributed by atoms with Crippen molar-refractivity contribution in [2.45, 2.75) is 13.8 Å². The summed E-state index contributed by atoms with van der Waals surface area (Å²) in [6.07, 6.45) is 0. The monoisotopic (exact) mass is 400 g/mol. The standard InChI is InChI=1S/C21H24N2O4S/c1-3-26-20(24)16-5-9-18(10-6-16)22-13-23(15-28-14-22)19-11-7-17(8-12-19)21(25)27-4-2/h5-12H,3-4,13-15H2,1-2H3. The van der Waals surface area contributed by atoms with Gasteiger partial charge in [0.2, 0.25) is 0 Å². The molecule has 2 aromatic carbocycles. The van der Waals surface area contributed by atoms with E-state index in [0.29, 0.717) is 24.3 Å². The number of nitrogens with zero attached hydrogens (tertiary/aromatic N) is 2. The van der Waals surface area contributed by atoms with E-state index in [1.807, 2.05) is 24.3 Å². The second-order valence-corrected chi connectivity index (χ2v) is 7.14. The molecule has 0 saturated carbocycles. The molecule has 1 aliphatic heterocycles. The molecular weight excluding hydrogens is 376 g/mol. The van der Waals surface area contributed by atoms with Gasteiger partial charge in [-0.2, -0.15) is 0 Å². The fraction of sp³-hybridized carbons (Fsp3) is 0.333. The van der Waals surface area contributed by atoms with Crippen molar-refractivity contribution in [2.24, 2.45) is 0 Å². The van der Waals surface area contributed by atoms with Gasteiger partial charge in [-0.1, -0.05) is 0 Å². The highest BCUT2D eigenvalue weighted by molar-refractivity contribution is 7.99. The van der Waals surface area contributed by atoms with Crippen molar-refractivity contribution in [3.63, 3.8) is 0 Å². The summed E-state index contributed by atoms with van der Waals surface area (Å²) in [6, 6.07) is 15.0. The maximum absolute atomic E-state index is 11.8. The average Bonchev–Trinajstić information content (AvgIpc) is 2.74. The first-order valence-electron chi connectivity index (χ1n) is 9.24. The lowest BCUT2D eigenvalue weighted by atomic mass is 10.2. The third-order valence-electron chi connectivity index (χ3n) is 4.32. The normalized spacial score (nSPS) is 13.9. The minimum Gasteiger partial charge on any atom is -0.462 e. The molecule has 1 aliphatic rings. The summed E-state index contributed by atoms with van der Waals surface area (Å²) in [7, 11) is 0. The fourth-order valence-corrected chi connectivity index (χ4v) is 3.89. The van der Waals surface area contributed by atoms with Crippen LogP contribution in [0.1, 0.15) is 34.6 Å². The van der Waals surface area contributed by atoms with Crippen LogP contribution in [0.5, 0.6) is 0 Å². The number of hydrogen-bond acceptors (Lipinski definition) is 7. The molecule has 0 atom stereocenters. The molecule has 3 rings (SSSR count). The van der Waals surface area contributed by atoms with Crippen molar-refractivity contribution in [1.82, 2.24) is 0 Å². The summed E-state index contributed by atoms with van der Waals surface area (Å²) in [4.78, 5) is 28.1. The Labute approximate surface area is 169 Å². The van der Waals surface area contributed by atoms with Crippen LogP contribution >= 0.6 is 11.8 Å². The third-order valence-corrected chi connectivity index (χ3v) is 5.31. The van der Waals surface area contributed by atoms with E-state index in [2.05, 4.69) is 9.80 Å². The van der Waals surface area contributed by atoms with Crippen molar-refractivity contribution in [3.05, 3.63) is 59.7 Å². The maximum Gasteiger partial charge on any atom is 0.338 e. The lowest BCUT2D eigenvalue weighted by molar-refractivity contribution is 0.0517. The number of ether oxygens (including phenoxy) is 2. The van der Waals surface area contributed by atoms with E-state index in [4.69, 9.17) is 9.47 Å². The lowest BCUT2D eigenvalue weighted by Gasteiger charge is -2.38. The summed E-state index contributed by atoms with van der Waals surface area (Å²) >= 11 is 1.81. The van der Waals surface area contributed by atoms with Gasteiger partial charge in [-0.25, -0.2) is 9.59 Å². The van der Waals surface area contributed by atoms with Gasteiger partial charge in [-0.05, 0) is 62.4 Å². The van der Waals surface area contributed by atoms with E-state index in [1.54, 1.807) is 49.9 Å². The molecule has 2 aromatic rings. The van der Waals surface area contributed by atoms with Gasteiger partial charge in [0.05, 0.1) is 42.8 Å². The number of carbonyl (C=O) groups excluding carboxylic acids is 2. The van der Waals surface area contributed by atoms with Gasteiger partial charge >= 0.3 is 11.9 Å². The molecule has 1 heterocycles. The van der Waals surface area contributed by atoms with Gasteiger partial charge in [0, 0.05) is 11.4 Å². The van der Waals surface area contributed by atoms with Crippen LogP contribution in [0.15, 0.2) is 48.5 Å². The Morgan fingerprint density at radius 1 is 0.786 bits per heavy atom. The molecule has 0 N–H and O–H groups in total. The van der Waals surface area contributed by atoms with Gasteiger partial charge in [-0.3, -0.25) is 0 Å². The molecule has 0 amide bonds. The first kappa shape index (κ1) is 20.1. The van der Waals surface area contributed by atoms with Crippen LogP contribution in [0.4, 0.5) is 11.4 Å². The molecule has 7 heteroatoms. The number of rotatable bonds is 6. The van der Waals surface area contributed by atoms with Crippen molar-refractivity contribution < 1.29 is 19.1 Å². The Hall–Kier alpha value is -2.67. The Morgan fingerprint density at radius 2 is 1.18 bits per heavy atom. The number of esters is 2. The van der Waals surface area contributed by atoms with Gasteiger partial charge in [0.25, 0.3) is 0 Å². The van der Waals surface area contributed by atoms with Crippen LogP contribution in [-0.4, -0.2) is 43.6 Å². The number of benzene rings is 2. The van der Waals surface area contributed by atoms with E-state index in [1.165, 1.54) is 0 Å². The quantitative estimate of drug-likeness (QED) is 0.680. The summed E-state index contributed by atoms with van der Waals surface area (Å²) in [5, 5.41) is 0. The molecule has 0 unspecified atom stereocenters. The average molecular weight is 401 g/mol. The maximum atomic E-state index is 11.8. The molecule has 0 spiro atoms. The number of carbonyl (C=O) groups is 2. The van der Waals surface area contributed by atoms with E-state index in [-0.39, 0.29) is 11.9 Å². The van der Waals surface area contributed by atoms with Crippen LogP contribution in [0.25, 0.3) is 0 Å². The van der Waals surface area contributed by atoms with Crippen LogP contribution < -0.4 is 9.80 Å². The predicted octanol–water partition coefficient (Wildman–Crippen LogP) is 3.97. The molecule has 0 bridgehead atoms. The summed E-state index contributed by atoms with van der Waals surface area (Å²) < 4.78 is 10.1. The summed E-state index contributed by atoms with van der Waals surface area (Å²) in [5.74, 6) is 1.14. The first-order chi connectivity index (χ1) is 13.6. The molecule has 1 fully saturated rings. The molecule has 0 aromatic heterocycles. The highest BCUT2D eigenvalue weighted by Crippen LogP contribution is 2.27. The Balaban J connectivity index is 1.67. The molecule has 1 saturated heterocycles. The smallest absolute Gasteiger partial charge is 0.338 e. The van der Waals surface area contributed by atoms with E-state index in [9.17, 15) is 9.59 Å². The third kappa shape index (κ3) is 4.78. The van der Waals surface area contributed by atoms with Crippen LogP contribution in [0.2, 0.25) is 0 Å². The molecule has 6 nitrogen and oxygen atoms in total. The second kappa shape index (κ2) is 9.50. The predicted molar refractivity (Wildman–Crippen MR) is 112 cm³/mol. The van der Waals surface area contributed by atoms with Crippen molar-refractivity contribution >= 4 is 35.1 Å². The van der Waals surface area contributed by atoms with E-state index >= 15 is 0 Å². The number of thioether (sulfide) groups is 1. The lowest BCUT2D eigenvalue weighted by Crippen LogP contribution is -2.42. The second-order valence-electron chi connectivity index (χ2n) is 6.22. The zero-order valence-corrected chi connectivity index (χ0v) is 16.9. The summed E-state index contributed by atoms with van der Waals surface area (Å²) in [6.45, 7) is 5.06. The molecule has 0 radical (unpaired) electrons. The number of hydrogen-bond donors (Lipinski definition) is 0. The first-order valence-corrected chi connectivity index (χ1v) is 10.4. The Morgan fingerprint density at radius 3 is 1.54 bits per heavy atom. The van der Waals surface area contributed by atoms with Gasteiger partial charge < -0.3 is 19.3 Å². The highest BCUT2D eigenvalue weighted by atomic mass is 32.2. The minimum absolute atomic E-state index is 0.301. The van der Waals surface area contributed by atoms with Crippen molar-refractivity contribution in [2.75, 3.05) is 41.4 Å². The van der Waals surface area contributed by atoms with Crippen LogP contribution in [0.3, 0.4) is 0 Å². The van der Waals surface area contributed by atoms with Gasteiger partial charge in [0.1, 0.15) is 0 Å². The van der Waals surface area contributed by atoms with Gasteiger partial charge in [0.15, 0.2) is 0 Å². The van der Waals surface area contributed by atoms with Gasteiger partial charge in [-0.15, -0.1) is 11.8 Å². The van der Waals surface area contributed by atoms with Crippen LogP contribution in [-0.2, 0) is 9.47 Å². The zero-order chi connectivity index (χ0) is 19.9. The number of anilines is 2. The van der Waals surface area contributed by atoms with Crippen LogP contribution in [0, 0.1) is 0 Å². The Kier molecular flexibility index (Phi) is 6.81. The topological polar surface area (TPSA) is 59.1 Å². The van der Waals surface area contributed by atoms with E-state index in [0.717, 1.165) is 29.8 Å². The van der Waals surface area contributed by atoms with Crippen molar-refractivity contribution in [1.29, 1.82) is 0 Å². The highest BCUT2D eigenvalue weighted by Gasteiger charge is 2.19. The molecular formula is C21H24N2O4S.